The summed E-state index contributed by atoms with van der Waals surface area (Å²) in [6.07, 6.45) is 3.88. The van der Waals surface area contributed by atoms with Gasteiger partial charge in [-0.05, 0) is 78.3 Å². The number of carbonyl (C=O) groups excluding carboxylic acids is 4. The fourth-order valence-corrected chi connectivity index (χ4v) is 9.39. The maximum absolute atomic E-state index is 13.8. The Labute approximate surface area is 353 Å². The van der Waals surface area contributed by atoms with Gasteiger partial charge in [0.05, 0.1) is 49.2 Å². The van der Waals surface area contributed by atoms with Gasteiger partial charge in [0.2, 0.25) is 11.8 Å². The van der Waals surface area contributed by atoms with E-state index in [9.17, 15) is 19.2 Å². The number of benzene rings is 3. The van der Waals surface area contributed by atoms with E-state index in [0.29, 0.717) is 31.0 Å². The van der Waals surface area contributed by atoms with Crippen molar-refractivity contribution in [1.82, 2.24) is 35.1 Å². The topological polar surface area (TPSA) is 187 Å². The third-order valence-electron chi connectivity index (χ3n) is 12.6. The van der Waals surface area contributed by atoms with E-state index in [1.165, 1.54) is 14.2 Å². The second kappa shape index (κ2) is 15.5. The van der Waals surface area contributed by atoms with Gasteiger partial charge in [-0.3, -0.25) is 9.59 Å². The highest BCUT2D eigenvalue weighted by Crippen LogP contribution is 2.63. The van der Waals surface area contributed by atoms with Crippen LogP contribution in [0.5, 0.6) is 0 Å². The first-order valence-corrected chi connectivity index (χ1v) is 21.0. The fraction of sp³-hybridized carbons (Fsp3) is 0.435. The van der Waals surface area contributed by atoms with Gasteiger partial charge in [0.15, 0.2) is 5.66 Å². The van der Waals surface area contributed by atoms with E-state index in [4.69, 9.17) is 14.7 Å². The average molecular weight is 824 g/mol. The zero-order valence-electron chi connectivity index (χ0n) is 35.1. The van der Waals surface area contributed by atoms with E-state index in [2.05, 4.69) is 48.2 Å². The number of aromatic amines is 2. The molecule has 4 heterocycles. The van der Waals surface area contributed by atoms with Crippen LogP contribution in [0.1, 0.15) is 94.7 Å². The Morgan fingerprint density at radius 2 is 1.69 bits per heavy atom. The quantitative estimate of drug-likeness (QED) is 0.0992. The Morgan fingerprint density at radius 3 is 2.43 bits per heavy atom. The molecule has 15 nitrogen and oxygen atoms in total. The fourth-order valence-electron chi connectivity index (χ4n) is 9.39. The summed E-state index contributed by atoms with van der Waals surface area (Å²) in [4.78, 5) is 71.8. The predicted molar refractivity (Wildman–Crippen MR) is 226 cm³/mol. The van der Waals surface area contributed by atoms with Gasteiger partial charge in [-0.1, -0.05) is 68.9 Å². The molecule has 15 heteroatoms. The Balaban J connectivity index is 0.902. The Hall–Kier alpha value is -6.56. The minimum Gasteiger partial charge on any atom is -0.453 e. The monoisotopic (exact) mass is 823 g/mol. The van der Waals surface area contributed by atoms with Crippen LogP contribution in [-0.4, -0.2) is 85.7 Å². The summed E-state index contributed by atoms with van der Waals surface area (Å²) in [5.41, 5.74) is 4.34. The van der Waals surface area contributed by atoms with E-state index in [-0.39, 0.29) is 47.7 Å². The van der Waals surface area contributed by atoms with Crippen molar-refractivity contribution in [1.29, 1.82) is 0 Å². The number of azo groups is 1. The molecule has 2 aromatic heterocycles. The number of piperidine rings is 2. The third kappa shape index (κ3) is 7.38. The molecule has 3 N–H and O–H groups in total. The molecule has 2 aliphatic carbocycles. The number of fused-ring (bicyclic) bond motifs is 5. The molecular weight excluding hydrogens is 775 g/mol. The summed E-state index contributed by atoms with van der Waals surface area (Å²) < 4.78 is 9.48. The average Bonchev–Trinajstić information content (AvgIpc) is 3.80. The van der Waals surface area contributed by atoms with Gasteiger partial charge >= 0.3 is 12.2 Å². The van der Waals surface area contributed by atoms with Crippen molar-refractivity contribution in [2.24, 2.45) is 33.9 Å². The molecule has 4 aliphatic rings. The lowest BCUT2D eigenvalue weighted by molar-refractivity contribution is -0.137. The summed E-state index contributed by atoms with van der Waals surface area (Å²) in [6, 6.07) is 17.1. The molecule has 4 fully saturated rings. The molecule has 0 bridgehead atoms. The second-order valence-electron chi connectivity index (χ2n) is 17.5. The van der Waals surface area contributed by atoms with Crippen LogP contribution in [0.2, 0.25) is 0 Å². The van der Waals surface area contributed by atoms with Crippen LogP contribution in [0.4, 0.5) is 9.59 Å². The third-order valence-corrected chi connectivity index (χ3v) is 12.6. The van der Waals surface area contributed by atoms with E-state index >= 15 is 0 Å². The number of nitrogens with one attached hydrogen (secondary N) is 3. The van der Waals surface area contributed by atoms with Gasteiger partial charge in [-0.25, -0.2) is 19.6 Å². The number of nitrogens with zero attached hydrogens (tertiary/aromatic N) is 6. The number of likely N-dealkylation sites (tertiary alicyclic amines) is 2. The Kier molecular flexibility index (Phi) is 10.1. The summed E-state index contributed by atoms with van der Waals surface area (Å²) in [6.45, 7) is 7.84. The molecule has 2 aliphatic heterocycles. The normalized spacial score (nSPS) is 24.2. The van der Waals surface area contributed by atoms with Crippen molar-refractivity contribution >= 4 is 45.8 Å². The number of rotatable bonds is 9. The molecule has 2 saturated carbocycles. The van der Waals surface area contributed by atoms with Crippen LogP contribution in [0.25, 0.3) is 33.1 Å². The smallest absolute Gasteiger partial charge is 0.451 e. The molecule has 5 aromatic rings. The first-order chi connectivity index (χ1) is 29.4. The molecule has 3 aromatic carbocycles. The van der Waals surface area contributed by atoms with Gasteiger partial charge in [-0.15, -0.1) is 0 Å². The van der Waals surface area contributed by atoms with Crippen LogP contribution >= 0.6 is 0 Å². The van der Waals surface area contributed by atoms with Crippen molar-refractivity contribution in [2.45, 2.75) is 89.6 Å². The van der Waals surface area contributed by atoms with E-state index in [1.54, 1.807) is 11.1 Å². The maximum atomic E-state index is 13.8. The van der Waals surface area contributed by atoms with Crippen LogP contribution in [0.3, 0.4) is 0 Å². The number of aromatic nitrogens is 4. The van der Waals surface area contributed by atoms with Crippen LogP contribution in [-0.2, 0) is 19.1 Å². The molecule has 7 atom stereocenters. The molecule has 314 valence electrons. The number of ether oxygens (including phenoxy) is 2. The SMILES string of the molecule is COC(=O)/N=N\[C@@]12CC1C[C@@H](c1nc3c(ccc4cc(C#Cc5ccc(-c6cnc([C@@H]7C[C@H]8C[C@H]8N7C(=O)[C@@H](NC(=O)OC)C(C)C)[nH]6)cc5)ccc43)[nH]1)N2C(=O)CC(C)C. The number of hydrogen-bond acceptors (Lipinski definition) is 9. The van der Waals surface area contributed by atoms with E-state index in [1.807, 2.05) is 81.1 Å². The van der Waals surface area contributed by atoms with E-state index < -0.39 is 23.9 Å². The van der Waals surface area contributed by atoms with Gasteiger partial charge in [-0.2, -0.15) is 5.11 Å². The zero-order chi connectivity index (χ0) is 42.7. The van der Waals surface area contributed by atoms with Crippen LogP contribution in [0.15, 0.2) is 71.0 Å². The number of amides is 4. The molecule has 9 rings (SSSR count). The lowest BCUT2D eigenvalue weighted by Crippen LogP contribution is -2.52. The number of methoxy groups -OCH3 is 2. The van der Waals surface area contributed by atoms with Gasteiger partial charge < -0.3 is 34.6 Å². The van der Waals surface area contributed by atoms with Crippen molar-refractivity contribution < 1.29 is 28.7 Å². The summed E-state index contributed by atoms with van der Waals surface area (Å²) in [7, 11) is 2.55. The highest BCUT2D eigenvalue weighted by atomic mass is 16.5. The highest BCUT2D eigenvalue weighted by molar-refractivity contribution is 6.04. The molecule has 4 amide bonds. The minimum absolute atomic E-state index is 0.0348. The molecule has 0 radical (unpaired) electrons. The van der Waals surface area contributed by atoms with Crippen molar-refractivity contribution in [3.05, 3.63) is 83.6 Å². The number of imidazole rings is 2. The first-order valence-electron chi connectivity index (χ1n) is 21.0. The standard InChI is InChI=1S/C46H49N9O6/c1-24(2)17-38(56)55-37(21-31-22-46(31,55)53-52-45(59)61-6)42-48-33-16-14-29-18-27(11-15-32(29)40(33)50-42)8-7-26-9-12-28(13-10-26)34-23-47-41(49-34)36-20-30-19-35(30)54(36)43(57)39(25(3)4)51-44(58)60-5/h9-16,18,23-25,30-31,35-37,39H,17,19-22H2,1-6H3,(H,47,49)(H,48,50)(H,51,58)/b53-52-/t30-,31?,35-,36+,37+,39+,46-/m1/s1. The van der Waals surface area contributed by atoms with Gasteiger partial charge in [0, 0.05) is 41.3 Å². The molecule has 1 unspecified atom stereocenters. The number of H-pyrrole nitrogens is 2. The minimum atomic E-state index is -0.853. The summed E-state index contributed by atoms with van der Waals surface area (Å²) >= 11 is 0. The van der Waals surface area contributed by atoms with Gasteiger partial charge in [0.1, 0.15) is 17.7 Å². The summed E-state index contributed by atoms with van der Waals surface area (Å²) in [5, 5.41) is 12.8. The molecule has 0 spiro atoms. The highest BCUT2D eigenvalue weighted by Gasteiger charge is 2.69. The maximum Gasteiger partial charge on any atom is 0.451 e. The lowest BCUT2D eigenvalue weighted by atomic mass is 10.0. The van der Waals surface area contributed by atoms with Crippen molar-refractivity contribution in [3.63, 3.8) is 0 Å². The zero-order valence-corrected chi connectivity index (χ0v) is 35.1. The Morgan fingerprint density at radius 1 is 0.918 bits per heavy atom. The number of hydrogen-bond donors (Lipinski definition) is 3. The van der Waals surface area contributed by atoms with Gasteiger partial charge in [0.25, 0.3) is 0 Å². The molecule has 2 saturated heterocycles. The van der Waals surface area contributed by atoms with Crippen molar-refractivity contribution in [3.8, 4) is 23.1 Å². The largest absolute Gasteiger partial charge is 0.453 e. The summed E-state index contributed by atoms with van der Waals surface area (Å²) in [5.74, 6) is 8.46. The number of alkyl carbamates (subject to hydrolysis) is 1. The van der Waals surface area contributed by atoms with Crippen molar-refractivity contribution in [2.75, 3.05) is 14.2 Å². The predicted octanol–water partition coefficient (Wildman–Crippen LogP) is 7.80. The number of carbonyl (C=O) groups is 4. The second-order valence-corrected chi connectivity index (χ2v) is 17.5. The first kappa shape index (κ1) is 39.9. The lowest BCUT2D eigenvalue weighted by Gasteiger charge is -2.31. The molecular formula is C46H49N9O6. The van der Waals surface area contributed by atoms with Crippen LogP contribution in [0, 0.1) is 35.5 Å². The Bertz CT molecular complexity index is 2660. The van der Waals surface area contributed by atoms with E-state index in [0.717, 1.165) is 62.9 Å². The van der Waals surface area contributed by atoms with Crippen LogP contribution < -0.4 is 5.32 Å². The molecule has 61 heavy (non-hydrogen) atoms.